The van der Waals surface area contributed by atoms with Crippen molar-refractivity contribution < 1.29 is 17.6 Å². The SMILES string of the molecule is CC1CC(C)N(C(=O)c2cc(S(N)(=O)=O)cc(F)c2Cl)C1. The van der Waals surface area contributed by atoms with Gasteiger partial charge in [0.25, 0.3) is 5.91 Å². The van der Waals surface area contributed by atoms with Crippen LogP contribution in [-0.2, 0) is 10.0 Å². The fourth-order valence-electron chi connectivity index (χ4n) is 2.62. The van der Waals surface area contributed by atoms with E-state index in [1.54, 1.807) is 4.90 Å². The van der Waals surface area contributed by atoms with Crippen LogP contribution in [0.3, 0.4) is 0 Å². The van der Waals surface area contributed by atoms with Crippen LogP contribution < -0.4 is 5.14 Å². The predicted octanol–water partition coefficient (Wildman–Crippen LogP) is 2.00. The highest BCUT2D eigenvalue weighted by atomic mass is 35.5. The van der Waals surface area contributed by atoms with Crippen LogP contribution in [0.15, 0.2) is 17.0 Å². The molecule has 0 aliphatic carbocycles. The first-order valence-corrected chi connectivity index (χ1v) is 8.36. The van der Waals surface area contributed by atoms with Crippen molar-refractivity contribution in [3.05, 3.63) is 28.5 Å². The van der Waals surface area contributed by atoms with E-state index in [1.165, 1.54) is 0 Å². The molecule has 1 heterocycles. The van der Waals surface area contributed by atoms with E-state index in [0.29, 0.717) is 18.5 Å². The van der Waals surface area contributed by atoms with Crippen molar-refractivity contribution in [3.63, 3.8) is 0 Å². The molecule has 0 spiro atoms. The molecule has 0 saturated carbocycles. The number of hydrogen-bond donors (Lipinski definition) is 1. The number of carbonyl (C=O) groups is 1. The molecule has 8 heteroatoms. The molecule has 5 nitrogen and oxygen atoms in total. The largest absolute Gasteiger partial charge is 0.336 e. The maximum atomic E-state index is 13.8. The highest BCUT2D eigenvalue weighted by molar-refractivity contribution is 7.89. The predicted molar refractivity (Wildman–Crippen MR) is 77.1 cm³/mol. The van der Waals surface area contributed by atoms with Gasteiger partial charge in [-0.3, -0.25) is 4.79 Å². The minimum atomic E-state index is -4.12. The van der Waals surface area contributed by atoms with Crippen molar-refractivity contribution in [2.75, 3.05) is 6.54 Å². The summed E-state index contributed by atoms with van der Waals surface area (Å²) in [5, 5.41) is 4.60. The van der Waals surface area contributed by atoms with Crippen LogP contribution in [0, 0.1) is 11.7 Å². The van der Waals surface area contributed by atoms with Crippen molar-refractivity contribution in [2.45, 2.75) is 31.2 Å². The monoisotopic (exact) mass is 334 g/mol. The van der Waals surface area contributed by atoms with Crippen LogP contribution in [0.25, 0.3) is 0 Å². The van der Waals surface area contributed by atoms with Crippen LogP contribution in [0.4, 0.5) is 4.39 Å². The third-order valence-electron chi connectivity index (χ3n) is 3.61. The highest BCUT2D eigenvalue weighted by Gasteiger charge is 2.32. The summed E-state index contributed by atoms with van der Waals surface area (Å²) in [6.45, 7) is 4.42. The maximum Gasteiger partial charge on any atom is 0.255 e. The third-order valence-corrected chi connectivity index (χ3v) is 4.88. The van der Waals surface area contributed by atoms with E-state index in [4.69, 9.17) is 16.7 Å². The minimum absolute atomic E-state index is 0.00947. The Hall–Kier alpha value is -1.18. The summed E-state index contributed by atoms with van der Waals surface area (Å²) >= 11 is 5.81. The molecule has 2 unspecified atom stereocenters. The first kappa shape index (κ1) is 16.2. The summed E-state index contributed by atoms with van der Waals surface area (Å²) < 4.78 is 36.5. The summed E-state index contributed by atoms with van der Waals surface area (Å²) in [6, 6.07) is 1.73. The van der Waals surface area contributed by atoms with Gasteiger partial charge in [0.05, 0.1) is 15.5 Å². The van der Waals surface area contributed by atoms with Crippen LogP contribution >= 0.6 is 11.6 Å². The van der Waals surface area contributed by atoms with Gasteiger partial charge in [-0.25, -0.2) is 17.9 Å². The lowest BCUT2D eigenvalue weighted by Gasteiger charge is -2.22. The van der Waals surface area contributed by atoms with Crippen molar-refractivity contribution in [2.24, 2.45) is 11.1 Å². The van der Waals surface area contributed by atoms with Crippen molar-refractivity contribution >= 4 is 27.5 Å². The van der Waals surface area contributed by atoms with Gasteiger partial charge in [0.2, 0.25) is 10.0 Å². The molecule has 2 N–H and O–H groups in total. The van der Waals surface area contributed by atoms with Gasteiger partial charge in [0.15, 0.2) is 0 Å². The average molecular weight is 335 g/mol. The van der Waals surface area contributed by atoms with E-state index in [1.807, 2.05) is 13.8 Å². The van der Waals surface area contributed by atoms with Gasteiger partial charge >= 0.3 is 0 Å². The molecule has 1 saturated heterocycles. The van der Waals surface area contributed by atoms with E-state index >= 15 is 0 Å². The second-order valence-corrected chi connectivity index (χ2v) is 7.40. The van der Waals surface area contributed by atoms with Gasteiger partial charge in [-0.1, -0.05) is 18.5 Å². The smallest absolute Gasteiger partial charge is 0.255 e. The minimum Gasteiger partial charge on any atom is -0.336 e. The van der Waals surface area contributed by atoms with Gasteiger partial charge < -0.3 is 4.90 Å². The summed E-state index contributed by atoms with van der Waals surface area (Å²) in [4.78, 5) is 13.6. The number of primary sulfonamides is 1. The van der Waals surface area contributed by atoms with Crippen LogP contribution in [-0.4, -0.2) is 31.8 Å². The number of nitrogens with zero attached hydrogens (tertiary/aromatic N) is 1. The normalized spacial score (nSPS) is 22.6. The second kappa shape index (κ2) is 5.55. The number of halogens is 2. The van der Waals surface area contributed by atoms with E-state index in [2.05, 4.69) is 0 Å². The van der Waals surface area contributed by atoms with Gasteiger partial charge in [-0.05, 0) is 31.4 Å². The number of benzene rings is 1. The fraction of sp³-hybridized carbons (Fsp3) is 0.462. The second-order valence-electron chi connectivity index (χ2n) is 5.46. The van der Waals surface area contributed by atoms with Crippen LogP contribution in [0.5, 0.6) is 0 Å². The average Bonchev–Trinajstić information content (AvgIpc) is 2.69. The molecule has 1 aliphatic heterocycles. The summed E-state index contributed by atoms with van der Waals surface area (Å²) in [6.07, 6.45) is 0.834. The first-order valence-electron chi connectivity index (χ1n) is 6.44. The Kier molecular flexibility index (Phi) is 4.28. The number of likely N-dealkylation sites (tertiary alicyclic amines) is 1. The molecule has 2 atom stereocenters. The lowest BCUT2D eigenvalue weighted by atomic mass is 10.1. The number of rotatable bonds is 2. The molecule has 0 radical (unpaired) electrons. The van der Waals surface area contributed by atoms with Crippen LogP contribution in [0.2, 0.25) is 5.02 Å². The lowest BCUT2D eigenvalue weighted by molar-refractivity contribution is 0.0743. The van der Waals surface area contributed by atoms with Crippen molar-refractivity contribution in [3.8, 4) is 0 Å². The summed E-state index contributed by atoms with van der Waals surface area (Å²) in [5.41, 5.74) is -0.179. The quantitative estimate of drug-likeness (QED) is 0.898. The molecule has 116 valence electrons. The topological polar surface area (TPSA) is 80.5 Å². The zero-order valence-corrected chi connectivity index (χ0v) is 13.2. The molecular weight excluding hydrogens is 319 g/mol. The van der Waals surface area contributed by atoms with Crippen molar-refractivity contribution in [1.29, 1.82) is 0 Å². The molecule has 1 fully saturated rings. The lowest BCUT2D eigenvalue weighted by Crippen LogP contribution is -2.34. The number of sulfonamides is 1. The van der Waals surface area contributed by atoms with Gasteiger partial charge in [0, 0.05) is 12.6 Å². The van der Waals surface area contributed by atoms with Crippen molar-refractivity contribution in [1.82, 2.24) is 4.90 Å². The molecule has 1 aromatic carbocycles. The molecule has 0 aromatic heterocycles. The molecule has 1 amide bonds. The standard InChI is InChI=1S/C13H16ClFN2O3S/c1-7-3-8(2)17(6-7)13(18)10-4-9(21(16,19)20)5-11(15)12(10)14/h4-5,7-8H,3,6H2,1-2H3,(H2,16,19,20). The Morgan fingerprint density at radius 2 is 2.05 bits per heavy atom. The number of nitrogens with two attached hydrogens (primary N) is 1. The first-order chi connectivity index (χ1) is 9.61. The molecule has 21 heavy (non-hydrogen) atoms. The van der Waals surface area contributed by atoms with E-state index in [0.717, 1.165) is 12.5 Å². The molecular formula is C13H16ClFN2O3S. The number of carbonyl (C=O) groups excluding carboxylic acids is 1. The summed E-state index contributed by atoms with van der Waals surface area (Å²) in [5.74, 6) is -1.14. The molecule has 0 bridgehead atoms. The Morgan fingerprint density at radius 1 is 1.43 bits per heavy atom. The van der Waals surface area contributed by atoms with E-state index in [-0.39, 0.29) is 16.6 Å². The van der Waals surface area contributed by atoms with Gasteiger partial charge in [0.1, 0.15) is 5.82 Å². The van der Waals surface area contributed by atoms with Gasteiger partial charge in [-0.2, -0.15) is 0 Å². The Labute approximate surface area is 127 Å². The molecule has 1 aromatic rings. The Morgan fingerprint density at radius 3 is 2.52 bits per heavy atom. The maximum absolute atomic E-state index is 13.8. The van der Waals surface area contributed by atoms with Gasteiger partial charge in [-0.15, -0.1) is 0 Å². The van der Waals surface area contributed by atoms with E-state index in [9.17, 15) is 17.6 Å². The Balaban J connectivity index is 2.48. The molecule has 2 rings (SSSR count). The zero-order chi connectivity index (χ0) is 15.9. The fourth-order valence-corrected chi connectivity index (χ4v) is 3.36. The summed E-state index contributed by atoms with van der Waals surface area (Å²) in [7, 11) is -4.12. The third kappa shape index (κ3) is 3.20. The number of hydrogen-bond acceptors (Lipinski definition) is 3. The Bertz CT molecular complexity index is 693. The van der Waals surface area contributed by atoms with E-state index < -0.39 is 26.6 Å². The van der Waals surface area contributed by atoms with Crippen LogP contribution in [0.1, 0.15) is 30.6 Å². The zero-order valence-electron chi connectivity index (χ0n) is 11.6. The molecule has 1 aliphatic rings. The number of amides is 1. The highest BCUT2D eigenvalue weighted by Crippen LogP contribution is 2.29.